The summed E-state index contributed by atoms with van der Waals surface area (Å²) in [7, 11) is 0. The molecule has 0 radical (unpaired) electrons. The zero-order chi connectivity index (χ0) is 9.97. The summed E-state index contributed by atoms with van der Waals surface area (Å²) < 4.78 is 7.48. The van der Waals surface area contributed by atoms with E-state index in [1.807, 2.05) is 19.4 Å². The van der Waals surface area contributed by atoms with Crippen molar-refractivity contribution in [2.24, 2.45) is 11.7 Å². The van der Waals surface area contributed by atoms with E-state index in [1.165, 1.54) is 0 Å². The Hall–Kier alpha value is -0.870. The molecule has 1 aliphatic rings. The first-order chi connectivity index (χ1) is 6.77. The van der Waals surface area contributed by atoms with Crippen LogP contribution >= 0.6 is 0 Å². The van der Waals surface area contributed by atoms with E-state index in [1.54, 1.807) is 0 Å². The highest BCUT2D eigenvalue weighted by Crippen LogP contribution is 2.17. The summed E-state index contributed by atoms with van der Waals surface area (Å²) in [6.07, 6.45) is 4.86. The topological polar surface area (TPSA) is 53.1 Å². The van der Waals surface area contributed by atoms with Crippen LogP contribution < -0.4 is 5.73 Å². The molecule has 1 fully saturated rings. The Kier molecular flexibility index (Phi) is 2.84. The second-order valence-corrected chi connectivity index (χ2v) is 3.99. The minimum atomic E-state index is 0.0554. The van der Waals surface area contributed by atoms with Gasteiger partial charge in [0.05, 0.1) is 18.6 Å². The SMILES string of the molecule is CC(N)c1cncn1CC1CCOC1. The van der Waals surface area contributed by atoms with E-state index >= 15 is 0 Å². The smallest absolute Gasteiger partial charge is 0.0948 e. The first kappa shape index (κ1) is 9.68. The van der Waals surface area contributed by atoms with Crippen LogP contribution in [0.15, 0.2) is 12.5 Å². The number of ether oxygens (including phenoxy) is 1. The zero-order valence-electron chi connectivity index (χ0n) is 8.52. The van der Waals surface area contributed by atoms with Crippen molar-refractivity contribution in [3.63, 3.8) is 0 Å². The molecule has 2 heterocycles. The van der Waals surface area contributed by atoms with Crippen molar-refractivity contribution in [2.75, 3.05) is 13.2 Å². The van der Waals surface area contributed by atoms with Crippen LogP contribution in [-0.4, -0.2) is 22.8 Å². The molecule has 2 rings (SSSR count). The lowest BCUT2D eigenvalue weighted by molar-refractivity contribution is 0.182. The largest absolute Gasteiger partial charge is 0.381 e. The zero-order valence-corrected chi connectivity index (χ0v) is 8.52. The molecule has 1 aliphatic heterocycles. The maximum Gasteiger partial charge on any atom is 0.0948 e. The molecule has 4 nitrogen and oxygen atoms in total. The number of imidazole rings is 1. The fourth-order valence-corrected chi connectivity index (χ4v) is 1.87. The van der Waals surface area contributed by atoms with Crippen molar-refractivity contribution in [1.82, 2.24) is 9.55 Å². The summed E-state index contributed by atoms with van der Waals surface area (Å²) >= 11 is 0. The van der Waals surface area contributed by atoms with Gasteiger partial charge in [0.15, 0.2) is 0 Å². The molecular formula is C10H17N3O. The molecule has 1 aromatic rings. The number of hydrogen-bond acceptors (Lipinski definition) is 3. The lowest BCUT2D eigenvalue weighted by Crippen LogP contribution is -2.16. The fraction of sp³-hybridized carbons (Fsp3) is 0.700. The molecule has 2 N–H and O–H groups in total. The van der Waals surface area contributed by atoms with Gasteiger partial charge in [0, 0.05) is 31.3 Å². The molecule has 0 aromatic carbocycles. The Morgan fingerprint density at radius 1 is 1.79 bits per heavy atom. The van der Waals surface area contributed by atoms with Crippen LogP contribution in [0.25, 0.3) is 0 Å². The van der Waals surface area contributed by atoms with E-state index in [0.29, 0.717) is 5.92 Å². The van der Waals surface area contributed by atoms with Crippen LogP contribution in [-0.2, 0) is 11.3 Å². The quantitative estimate of drug-likeness (QED) is 0.781. The van der Waals surface area contributed by atoms with Crippen LogP contribution in [0.4, 0.5) is 0 Å². The molecule has 4 heteroatoms. The Bertz CT molecular complexity index is 289. The Labute approximate surface area is 84.1 Å². The van der Waals surface area contributed by atoms with Crippen molar-refractivity contribution < 1.29 is 4.74 Å². The van der Waals surface area contributed by atoms with Crippen molar-refractivity contribution in [2.45, 2.75) is 25.9 Å². The average Bonchev–Trinajstić information content (AvgIpc) is 2.75. The van der Waals surface area contributed by atoms with Gasteiger partial charge in [-0.2, -0.15) is 0 Å². The van der Waals surface area contributed by atoms with Crippen LogP contribution in [0.1, 0.15) is 25.1 Å². The van der Waals surface area contributed by atoms with E-state index in [0.717, 1.165) is 31.9 Å². The van der Waals surface area contributed by atoms with E-state index in [9.17, 15) is 0 Å². The lowest BCUT2D eigenvalue weighted by atomic mass is 10.1. The summed E-state index contributed by atoms with van der Waals surface area (Å²) in [6.45, 7) is 4.74. The van der Waals surface area contributed by atoms with Gasteiger partial charge >= 0.3 is 0 Å². The number of nitrogens with two attached hydrogens (primary N) is 1. The number of nitrogens with zero attached hydrogens (tertiary/aromatic N) is 2. The van der Waals surface area contributed by atoms with E-state index in [4.69, 9.17) is 10.5 Å². The predicted molar refractivity (Wildman–Crippen MR) is 53.8 cm³/mol. The van der Waals surface area contributed by atoms with Crippen LogP contribution in [0.2, 0.25) is 0 Å². The molecule has 2 unspecified atom stereocenters. The summed E-state index contributed by atoms with van der Waals surface area (Å²) in [5.41, 5.74) is 6.95. The molecule has 1 saturated heterocycles. The van der Waals surface area contributed by atoms with Crippen LogP contribution in [0, 0.1) is 5.92 Å². The summed E-state index contributed by atoms with van der Waals surface area (Å²) in [6, 6.07) is 0.0554. The van der Waals surface area contributed by atoms with Crippen molar-refractivity contribution >= 4 is 0 Å². The number of hydrogen-bond donors (Lipinski definition) is 1. The second-order valence-electron chi connectivity index (χ2n) is 3.99. The standard InChI is InChI=1S/C10H17N3O/c1-8(11)10-4-12-7-13(10)5-9-2-3-14-6-9/h4,7-9H,2-3,5-6,11H2,1H3. The van der Waals surface area contributed by atoms with Gasteiger partial charge in [0.25, 0.3) is 0 Å². The summed E-state index contributed by atoms with van der Waals surface area (Å²) in [5, 5.41) is 0. The van der Waals surface area contributed by atoms with Gasteiger partial charge in [-0.25, -0.2) is 4.98 Å². The van der Waals surface area contributed by atoms with Crippen LogP contribution in [0.3, 0.4) is 0 Å². The third-order valence-electron chi connectivity index (χ3n) is 2.69. The molecule has 0 bridgehead atoms. The third-order valence-corrected chi connectivity index (χ3v) is 2.69. The second kappa shape index (κ2) is 4.11. The fourth-order valence-electron chi connectivity index (χ4n) is 1.87. The third kappa shape index (κ3) is 1.96. The van der Waals surface area contributed by atoms with Gasteiger partial charge < -0.3 is 15.0 Å². The Balaban J connectivity index is 2.04. The first-order valence-electron chi connectivity index (χ1n) is 5.10. The molecule has 78 valence electrons. The van der Waals surface area contributed by atoms with Gasteiger partial charge in [0.2, 0.25) is 0 Å². The Morgan fingerprint density at radius 2 is 2.64 bits per heavy atom. The minimum Gasteiger partial charge on any atom is -0.381 e. The average molecular weight is 195 g/mol. The van der Waals surface area contributed by atoms with Crippen molar-refractivity contribution in [3.8, 4) is 0 Å². The summed E-state index contributed by atoms with van der Waals surface area (Å²) in [4.78, 5) is 4.13. The molecule has 14 heavy (non-hydrogen) atoms. The summed E-state index contributed by atoms with van der Waals surface area (Å²) in [5.74, 6) is 0.627. The Morgan fingerprint density at radius 3 is 3.29 bits per heavy atom. The highest BCUT2D eigenvalue weighted by Gasteiger charge is 2.17. The van der Waals surface area contributed by atoms with Gasteiger partial charge in [-0.3, -0.25) is 0 Å². The van der Waals surface area contributed by atoms with Gasteiger partial charge in [-0.05, 0) is 13.3 Å². The molecular weight excluding hydrogens is 178 g/mol. The molecule has 0 amide bonds. The van der Waals surface area contributed by atoms with Gasteiger partial charge in [-0.1, -0.05) is 0 Å². The maximum atomic E-state index is 5.84. The van der Waals surface area contributed by atoms with E-state index in [2.05, 4.69) is 9.55 Å². The molecule has 1 aromatic heterocycles. The minimum absolute atomic E-state index is 0.0554. The lowest BCUT2D eigenvalue weighted by Gasteiger charge is -2.13. The highest BCUT2D eigenvalue weighted by molar-refractivity contribution is 5.03. The number of rotatable bonds is 3. The maximum absolute atomic E-state index is 5.84. The first-order valence-corrected chi connectivity index (χ1v) is 5.10. The highest BCUT2D eigenvalue weighted by atomic mass is 16.5. The monoisotopic (exact) mass is 195 g/mol. The van der Waals surface area contributed by atoms with Crippen LogP contribution in [0.5, 0.6) is 0 Å². The molecule has 0 spiro atoms. The van der Waals surface area contributed by atoms with E-state index in [-0.39, 0.29) is 6.04 Å². The van der Waals surface area contributed by atoms with Gasteiger partial charge in [0.1, 0.15) is 0 Å². The molecule has 0 aliphatic carbocycles. The normalized spacial score (nSPS) is 24.0. The predicted octanol–water partition coefficient (Wildman–Crippen LogP) is 0.939. The number of aromatic nitrogens is 2. The van der Waals surface area contributed by atoms with Gasteiger partial charge in [-0.15, -0.1) is 0 Å². The van der Waals surface area contributed by atoms with E-state index < -0.39 is 0 Å². The molecule has 2 atom stereocenters. The molecule has 0 saturated carbocycles. The van der Waals surface area contributed by atoms with Crippen molar-refractivity contribution in [3.05, 3.63) is 18.2 Å². The van der Waals surface area contributed by atoms with Crippen molar-refractivity contribution in [1.29, 1.82) is 0 Å².